The molecule has 0 bridgehead atoms. The Labute approximate surface area is 78.1 Å². The van der Waals surface area contributed by atoms with Crippen molar-refractivity contribution in [1.82, 2.24) is 5.32 Å². The zero-order chi connectivity index (χ0) is 9.68. The molecule has 0 fully saturated rings. The highest BCUT2D eigenvalue weighted by Crippen LogP contribution is 2.09. The molecule has 3 nitrogen and oxygen atoms in total. The van der Waals surface area contributed by atoms with Crippen LogP contribution in [0.1, 0.15) is 26.2 Å². The number of allylic oxidation sites excluding steroid dienone is 2. The van der Waals surface area contributed by atoms with Crippen molar-refractivity contribution in [1.29, 1.82) is 0 Å². The maximum atomic E-state index is 10.8. The van der Waals surface area contributed by atoms with Crippen LogP contribution in [0.15, 0.2) is 24.0 Å². The fourth-order valence-corrected chi connectivity index (χ4v) is 1.35. The van der Waals surface area contributed by atoms with E-state index < -0.39 is 0 Å². The first-order valence-corrected chi connectivity index (χ1v) is 4.53. The standard InChI is InChI=1S/C10H15NO2/c1-8(12)11-9-4-2-3-5-10(13)7-6-9/h5-7,9,13H,2-4H2,1H3,(H,11,12). The third-order valence-electron chi connectivity index (χ3n) is 1.96. The van der Waals surface area contributed by atoms with E-state index in [1.807, 2.05) is 6.08 Å². The van der Waals surface area contributed by atoms with Crippen LogP contribution in [-0.4, -0.2) is 17.1 Å². The molecule has 0 saturated heterocycles. The van der Waals surface area contributed by atoms with Crippen molar-refractivity contribution in [3.8, 4) is 0 Å². The largest absolute Gasteiger partial charge is 0.508 e. The smallest absolute Gasteiger partial charge is 0.217 e. The van der Waals surface area contributed by atoms with Gasteiger partial charge < -0.3 is 10.4 Å². The van der Waals surface area contributed by atoms with Crippen LogP contribution in [-0.2, 0) is 4.79 Å². The summed E-state index contributed by atoms with van der Waals surface area (Å²) in [5, 5.41) is 12.0. The Morgan fingerprint density at radius 1 is 1.69 bits per heavy atom. The summed E-state index contributed by atoms with van der Waals surface area (Å²) in [5.41, 5.74) is 0. The number of carbonyl (C=O) groups is 1. The van der Waals surface area contributed by atoms with Crippen LogP contribution in [0.2, 0.25) is 0 Å². The lowest BCUT2D eigenvalue weighted by atomic mass is 10.1. The van der Waals surface area contributed by atoms with Crippen LogP contribution >= 0.6 is 0 Å². The fraction of sp³-hybridized carbons (Fsp3) is 0.500. The molecule has 72 valence electrons. The summed E-state index contributed by atoms with van der Waals surface area (Å²) in [6, 6.07) is 0.0633. The summed E-state index contributed by atoms with van der Waals surface area (Å²) >= 11 is 0. The number of aliphatic hydroxyl groups is 1. The first-order valence-electron chi connectivity index (χ1n) is 4.53. The van der Waals surface area contributed by atoms with Gasteiger partial charge in [0.05, 0.1) is 0 Å². The average Bonchev–Trinajstić information content (AvgIpc) is 2.03. The Bertz CT molecular complexity index is 243. The lowest BCUT2D eigenvalue weighted by Gasteiger charge is -2.14. The molecule has 0 heterocycles. The molecular formula is C10H15NO2. The Kier molecular flexibility index (Phi) is 3.55. The second-order valence-electron chi connectivity index (χ2n) is 3.23. The molecule has 2 N–H and O–H groups in total. The molecule has 1 rings (SSSR count). The van der Waals surface area contributed by atoms with Gasteiger partial charge in [0.25, 0.3) is 0 Å². The van der Waals surface area contributed by atoms with E-state index in [1.165, 1.54) is 6.92 Å². The average molecular weight is 181 g/mol. The Balaban J connectivity index is 2.55. The summed E-state index contributed by atoms with van der Waals surface area (Å²) in [4.78, 5) is 10.8. The Morgan fingerprint density at radius 3 is 3.15 bits per heavy atom. The van der Waals surface area contributed by atoms with Crippen molar-refractivity contribution in [3.05, 3.63) is 24.0 Å². The molecule has 0 saturated carbocycles. The summed E-state index contributed by atoms with van der Waals surface area (Å²) < 4.78 is 0. The van der Waals surface area contributed by atoms with E-state index in [2.05, 4.69) is 5.32 Å². The van der Waals surface area contributed by atoms with Gasteiger partial charge in [0.2, 0.25) is 5.91 Å². The highest BCUT2D eigenvalue weighted by molar-refractivity contribution is 5.73. The van der Waals surface area contributed by atoms with Gasteiger partial charge in [-0.15, -0.1) is 0 Å². The van der Waals surface area contributed by atoms with E-state index in [9.17, 15) is 9.90 Å². The number of amides is 1. The van der Waals surface area contributed by atoms with E-state index in [4.69, 9.17) is 0 Å². The molecule has 1 amide bonds. The van der Waals surface area contributed by atoms with Crippen molar-refractivity contribution in [2.45, 2.75) is 32.2 Å². The minimum absolute atomic E-state index is 0.0290. The Hall–Kier alpha value is -1.25. The fourth-order valence-electron chi connectivity index (χ4n) is 1.35. The van der Waals surface area contributed by atoms with Gasteiger partial charge in [0.15, 0.2) is 0 Å². The maximum Gasteiger partial charge on any atom is 0.217 e. The quantitative estimate of drug-likeness (QED) is 0.646. The van der Waals surface area contributed by atoms with Crippen LogP contribution in [0.25, 0.3) is 0 Å². The van der Waals surface area contributed by atoms with Crippen LogP contribution in [0.4, 0.5) is 0 Å². The number of carbonyl (C=O) groups excluding carboxylic acids is 1. The number of rotatable bonds is 1. The highest BCUT2D eigenvalue weighted by Gasteiger charge is 2.07. The lowest BCUT2D eigenvalue weighted by Crippen LogP contribution is -2.31. The van der Waals surface area contributed by atoms with Gasteiger partial charge in [-0.25, -0.2) is 0 Å². The molecule has 1 unspecified atom stereocenters. The first-order chi connectivity index (χ1) is 6.18. The number of aliphatic hydroxyl groups excluding tert-OH is 1. The molecule has 3 heteroatoms. The van der Waals surface area contributed by atoms with Crippen molar-refractivity contribution in [3.63, 3.8) is 0 Å². The van der Waals surface area contributed by atoms with Crippen molar-refractivity contribution in [2.24, 2.45) is 0 Å². The number of hydrogen-bond acceptors (Lipinski definition) is 2. The summed E-state index contributed by atoms with van der Waals surface area (Å²) in [6.07, 6.45) is 8.04. The van der Waals surface area contributed by atoms with Gasteiger partial charge in [0.1, 0.15) is 5.76 Å². The van der Waals surface area contributed by atoms with Gasteiger partial charge in [-0.3, -0.25) is 4.79 Å². The molecular weight excluding hydrogens is 166 g/mol. The summed E-state index contributed by atoms with van der Waals surface area (Å²) in [5.74, 6) is 0.258. The number of nitrogens with one attached hydrogen (secondary N) is 1. The molecule has 0 aromatic heterocycles. The van der Waals surface area contributed by atoms with Gasteiger partial charge in [-0.05, 0) is 31.4 Å². The third-order valence-corrected chi connectivity index (χ3v) is 1.96. The van der Waals surface area contributed by atoms with E-state index in [1.54, 1.807) is 12.2 Å². The lowest BCUT2D eigenvalue weighted by molar-refractivity contribution is -0.119. The number of hydrogen-bond donors (Lipinski definition) is 2. The van der Waals surface area contributed by atoms with Crippen LogP contribution in [0.3, 0.4) is 0 Å². The second-order valence-corrected chi connectivity index (χ2v) is 3.23. The molecule has 0 aromatic rings. The predicted octanol–water partition coefficient (Wildman–Crippen LogP) is 1.67. The molecule has 1 aliphatic rings. The monoisotopic (exact) mass is 181 g/mol. The van der Waals surface area contributed by atoms with E-state index in [0.29, 0.717) is 0 Å². The van der Waals surface area contributed by atoms with Crippen molar-refractivity contribution in [2.75, 3.05) is 0 Å². The summed E-state index contributed by atoms with van der Waals surface area (Å²) in [7, 11) is 0. The second kappa shape index (κ2) is 4.70. The Morgan fingerprint density at radius 2 is 2.46 bits per heavy atom. The molecule has 13 heavy (non-hydrogen) atoms. The van der Waals surface area contributed by atoms with Crippen molar-refractivity contribution >= 4 is 5.91 Å². The van der Waals surface area contributed by atoms with Gasteiger partial charge in [-0.1, -0.05) is 6.08 Å². The maximum absolute atomic E-state index is 10.8. The normalized spacial score (nSPS) is 22.8. The van der Waals surface area contributed by atoms with E-state index in [0.717, 1.165) is 19.3 Å². The van der Waals surface area contributed by atoms with Crippen LogP contribution in [0.5, 0.6) is 0 Å². The molecule has 0 aliphatic heterocycles. The van der Waals surface area contributed by atoms with Crippen LogP contribution < -0.4 is 5.32 Å². The summed E-state index contributed by atoms with van der Waals surface area (Å²) in [6.45, 7) is 1.50. The van der Waals surface area contributed by atoms with Gasteiger partial charge >= 0.3 is 0 Å². The van der Waals surface area contributed by atoms with Crippen molar-refractivity contribution < 1.29 is 9.90 Å². The van der Waals surface area contributed by atoms with Gasteiger partial charge in [-0.2, -0.15) is 0 Å². The predicted molar refractivity (Wildman–Crippen MR) is 51.3 cm³/mol. The molecule has 1 atom stereocenters. The topological polar surface area (TPSA) is 49.3 Å². The molecule has 1 aliphatic carbocycles. The first kappa shape index (κ1) is 9.84. The zero-order valence-electron chi connectivity index (χ0n) is 7.79. The zero-order valence-corrected chi connectivity index (χ0v) is 7.79. The molecule has 0 radical (unpaired) electrons. The van der Waals surface area contributed by atoms with Gasteiger partial charge in [0, 0.05) is 13.0 Å². The molecule has 0 aromatic carbocycles. The minimum atomic E-state index is -0.0290. The third kappa shape index (κ3) is 3.78. The van der Waals surface area contributed by atoms with E-state index in [-0.39, 0.29) is 17.7 Å². The van der Waals surface area contributed by atoms with E-state index >= 15 is 0 Å². The highest BCUT2D eigenvalue weighted by atomic mass is 16.3. The van der Waals surface area contributed by atoms with Crippen LogP contribution in [0, 0.1) is 0 Å². The molecule has 0 spiro atoms. The minimum Gasteiger partial charge on any atom is -0.508 e. The SMILES string of the molecule is CC(=O)NC1C=CC(O)=CCCC1.